The predicted octanol–water partition coefficient (Wildman–Crippen LogP) is 1.82. The second-order valence-electron chi connectivity index (χ2n) is 4.65. The second-order valence-corrected chi connectivity index (χ2v) is 4.65. The SMILES string of the molecule is CCCOCCOCCOCC(C)(CC)CN. The summed E-state index contributed by atoms with van der Waals surface area (Å²) in [7, 11) is 0. The van der Waals surface area contributed by atoms with Crippen LogP contribution >= 0.6 is 0 Å². The Bertz CT molecular complexity index is 161. The van der Waals surface area contributed by atoms with E-state index in [2.05, 4.69) is 20.8 Å². The normalized spacial score (nSPS) is 14.8. The van der Waals surface area contributed by atoms with Gasteiger partial charge in [0, 0.05) is 12.0 Å². The van der Waals surface area contributed by atoms with Crippen LogP contribution in [0.25, 0.3) is 0 Å². The summed E-state index contributed by atoms with van der Waals surface area (Å²) in [4.78, 5) is 0. The Hall–Kier alpha value is -0.160. The maximum absolute atomic E-state index is 5.70. The molecule has 0 spiro atoms. The molecule has 0 aliphatic heterocycles. The molecule has 0 heterocycles. The maximum Gasteiger partial charge on any atom is 0.0701 e. The number of nitrogens with two attached hydrogens (primary N) is 1. The van der Waals surface area contributed by atoms with Gasteiger partial charge >= 0.3 is 0 Å². The number of hydrogen-bond donors (Lipinski definition) is 1. The van der Waals surface area contributed by atoms with E-state index in [1.54, 1.807) is 0 Å². The largest absolute Gasteiger partial charge is 0.379 e. The average Bonchev–Trinajstić information content (AvgIpc) is 2.36. The van der Waals surface area contributed by atoms with E-state index in [0.29, 0.717) is 39.6 Å². The molecular weight excluding hydrogens is 218 g/mol. The van der Waals surface area contributed by atoms with E-state index in [1.165, 1.54) is 0 Å². The lowest BCUT2D eigenvalue weighted by Crippen LogP contribution is -2.32. The van der Waals surface area contributed by atoms with E-state index in [9.17, 15) is 0 Å². The lowest BCUT2D eigenvalue weighted by Gasteiger charge is -2.25. The smallest absolute Gasteiger partial charge is 0.0701 e. The molecular formula is C13H29NO3. The number of hydrogen-bond acceptors (Lipinski definition) is 4. The van der Waals surface area contributed by atoms with Gasteiger partial charge in [-0.05, 0) is 19.4 Å². The third kappa shape index (κ3) is 9.53. The quantitative estimate of drug-likeness (QED) is 0.534. The van der Waals surface area contributed by atoms with Crippen LogP contribution in [0.3, 0.4) is 0 Å². The Morgan fingerprint density at radius 2 is 1.41 bits per heavy atom. The molecule has 0 amide bonds. The molecule has 0 radical (unpaired) electrons. The first kappa shape index (κ1) is 16.8. The Morgan fingerprint density at radius 3 is 1.88 bits per heavy atom. The molecule has 0 aliphatic rings. The summed E-state index contributed by atoms with van der Waals surface area (Å²) in [6, 6.07) is 0. The monoisotopic (exact) mass is 247 g/mol. The van der Waals surface area contributed by atoms with Crippen molar-refractivity contribution >= 4 is 0 Å². The van der Waals surface area contributed by atoms with Crippen LogP contribution in [0.1, 0.15) is 33.6 Å². The Kier molecular flexibility index (Phi) is 10.9. The molecule has 0 aromatic heterocycles. The predicted molar refractivity (Wildman–Crippen MR) is 70.2 cm³/mol. The molecule has 104 valence electrons. The van der Waals surface area contributed by atoms with Crippen molar-refractivity contribution in [3.63, 3.8) is 0 Å². The van der Waals surface area contributed by atoms with E-state index in [1.807, 2.05) is 0 Å². The lowest BCUT2D eigenvalue weighted by molar-refractivity contribution is -0.00572. The zero-order chi connectivity index (χ0) is 13.0. The van der Waals surface area contributed by atoms with Gasteiger partial charge in [0.25, 0.3) is 0 Å². The van der Waals surface area contributed by atoms with Crippen molar-refractivity contribution in [2.24, 2.45) is 11.1 Å². The van der Waals surface area contributed by atoms with Gasteiger partial charge in [-0.1, -0.05) is 20.8 Å². The minimum Gasteiger partial charge on any atom is -0.379 e. The van der Waals surface area contributed by atoms with Crippen molar-refractivity contribution < 1.29 is 14.2 Å². The molecule has 4 heteroatoms. The van der Waals surface area contributed by atoms with Gasteiger partial charge in [0.15, 0.2) is 0 Å². The van der Waals surface area contributed by atoms with E-state index in [-0.39, 0.29) is 5.41 Å². The molecule has 0 rings (SSSR count). The topological polar surface area (TPSA) is 53.7 Å². The van der Waals surface area contributed by atoms with Crippen molar-refractivity contribution in [1.82, 2.24) is 0 Å². The highest BCUT2D eigenvalue weighted by Gasteiger charge is 2.19. The molecule has 0 aliphatic carbocycles. The molecule has 1 atom stereocenters. The first-order valence-electron chi connectivity index (χ1n) is 6.62. The molecule has 0 saturated heterocycles. The minimum atomic E-state index is 0.101. The van der Waals surface area contributed by atoms with Crippen LogP contribution in [-0.4, -0.2) is 46.2 Å². The second kappa shape index (κ2) is 11.0. The summed E-state index contributed by atoms with van der Waals surface area (Å²) in [6.07, 6.45) is 2.09. The summed E-state index contributed by atoms with van der Waals surface area (Å²) in [6.45, 7) is 11.1. The summed E-state index contributed by atoms with van der Waals surface area (Å²) in [5.74, 6) is 0. The van der Waals surface area contributed by atoms with Gasteiger partial charge in [-0.25, -0.2) is 0 Å². The van der Waals surface area contributed by atoms with E-state index >= 15 is 0 Å². The lowest BCUT2D eigenvalue weighted by atomic mass is 9.89. The molecule has 0 aromatic carbocycles. The van der Waals surface area contributed by atoms with E-state index in [4.69, 9.17) is 19.9 Å². The maximum atomic E-state index is 5.70. The number of ether oxygens (including phenoxy) is 3. The van der Waals surface area contributed by atoms with Crippen LogP contribution in [0.15, 0.2) is 0 Å². The highest BCUT2D eigenvalue weighted by atomic mass is 16.5. The van der Waals surface area contributed by atoms with Gasteiger partial charge in [-0.15, -0.1) is 0 Å². The van der Waals surface area contributed by atoms with Crippen molar-refractivity contribution in [2.75, 3.05) is 46.2 Å². The molecule has 2 N–H and O–H groups in total. The van der Waals surface area contributed by atoms with Crippen LogP contribution in [0.4, 0.5) is 0 Å². The third-order valence-corrected chi connectivity index (χ3v) is 2.89. The third-order valence-electron chi connectivity index (χ3n) is 2.89. The van der Waals surface area contributed by atoms with Crippen molar-refractivity contribution in [2.45, 2.75) is 33.6 Å². The van der Waals surface area contributed by atoms with Gasteiger partial charge < -0.3 is 19.9 Å². The van der Waals surface area contributed by atoms with Crippen molar-refractivity contribution in [3.8, 4) is 0 Å². The van der Waals surface area contributed by atoms with Crippen molar-refractivity contribution in [1.29, 1.82) is 0 Å². The zero-order valence-corrected chi connectivity index (χ0v) is 11.7. The molecule has 0 fully saturated rings. The summed E-state index contributed by atoms with van der Waals surface area (Å²) in [5, 5.41) is 0. The molecule has 0 bridgehead atoms. The Balaban J connectivity index is 3.23. The Labute approximate surface area is 106 Å². The van der Waals surface area contributed by atoms with Crippen molar-refractivity contribution in [3.05, 3.63) is 0 Å². The highest BCUT2D eigenvalue weighted by molar-refractivity contribution is 4.72. The summed E-state index contributed by atoms with van der Waals surface area (Å²) in [5.41, 5.74) is 5.80. The van der Waals surface area contributed by atoms with E-state index in [0.717, 1.165) is 19.4 Å². The molecule has 0 saturated carbocycles. The van der Waals surface area contributed by atoms with Crippen LogP contribution in [0.5, 0.6) is 0 Å². The van der Waals surface area contributed by atoms with Gasteiger partial charge in [-0.3, -0.25) is 0 Å². The zero-order valence-electron chi connectivity index (χ0n) is 11.7. The molecule has 1 unspecified atom stereocenters. The number of rotatable bonds is 12. The van der Waals surface area contributed by atoms with E-state index < -0.39 is 0 Å². The van der Waals surface area contributed by atoms with Gasteiger partial charge in [0.2, 0.25) is 0 Å². The first-order chi connectivity index (χ1) is 8.18. The van der Waals surface area contributed by atoms with Gasteiger partial charge in [-0.2, -0.15) is 0 Å². The first-order valence-corrected chi connectivity index (χ1v) is 6.62. The van der Waals surface area contributed by atoms with Gasteiger partial charge in [0.05, 0.1) is 33.0 Å². The van der Waals surface area contributed by atoms with Crippen LogP contribution < -0.4 is 5.73 Å². The van der Waals surface area contributed by atoms with Crippen LogP contribution in [-0.2, 0) is 14.2 Å². The fourth-order valence-electron chi connectivity index (χ4n) is 1.21. The summed E-state index contributed by atoms with van der Waals surface area (Å²) < 4.78 is 16.2. The minimum absolute atomic E-state index is 0.101. The summed E-state index contributed by atoms with van der Waals surface area (Å²) >= 11 is 0. The fourth-order valence-corrected chi connectivity index (χ4v) is 1.21. The van der Waals surface area contributed by atoms with Crippen LogP contribution in [0.2, 0.25) is 0 Å². The fraction of sp³-hybridized carbons (Fsp3) is 1.00. The van der Waals surface area contributed by atoms with Gasteiger partial charge in [0.1, 0.15) is 0 Å². The Morgan fingerprint density at radius 1 is 0.882 bits per heavy atom. The molecule has 4 nitrogen and oxygen atoms in total. The standard InChI is InChI=1S/C13H29NO3/c1-4-6-15-7-8-16-9-10-17-12-13(3,5-2)11-14/h4-12,14H2,1-3H3. The highest BCUT2D eigenvalue weighted by Crippen LogP contribution is 2.18. The van der Waals surface area contributed by atoms with Crippen LogP contribution in [0, 0.1) is 5.41 Å². The average molecular weight is 247 g/mol. The molecule has 17 heavy (non-hydrogen) atoms. The molecule has 0 aromatic rings.